The number of pyridine rings is 1. The van der Waals surface area contributed by atoms with Gasteiger partial charge < -0.3 is 14.9 Å². The van der Waals surface area contributed by atoms with Crippen LogP contribution < -0.4 is 4.90 Å². The van der Waals surface area contributed by atoms with E-state index in [4.69, 9.17) is 28.2 Å². The number of anilines is 1. The van der Waals surface area contributed by atoms with Crippen molar-refractivity contribution in [2.24, 2.45) is 11.8 Å². The smallest absolute Gasteiger partial charge is 0.169 e. The summed E-state index contributed by atoms with van der Waals surface area (Å²) in [5, 5.41) is 11.4. The van der Waals surface area contributed by atoms with E-state index in [1.165, 1.54) is 38.9 Å². The molecule has 3 aliphatic rings. The highest BCUT2D eigenvalue weighted by Gasteiger charge is 2.34. The first-order valence-electron chi connectivity index (χ1n) is 13.6. The molecule has 1 aliphatic carbocycles. The minimum absolute atomic E-state index is 0.111. The van der Waals surface area contributed by atoms with Crippen LogP contribution in [-0.4, -0.2) is 53.5 Å². The van der Waals surface area contributed by atoms with E-state index >= 15 is 0 Å². The summed E-state index contributed by atoms with van der Waals surface area (Å²) >= 11 is 12.5. The van der Waals surface area contributed by atoms with Gasteiger partial charge in [-0.25, -0.2) is 0 Å². The average Bonchev–Trinajstić information content (AvgIpc) is 3.64. The van der Waals surface area contributed by atoms with E-state index in [2.05, 4.69) is 15.9 Å². The Labute approximate surface area is 228 Å². The lowest BCUT2D eigenvalue weighted by molar-refractivity contribution is 0.0968. The molecule has 0 bridgehead atoms. The number of benzene rings is 2. The van der Waals surface area contributed by atoms with Crippen LogP contribution in [0.5, 0.6) is 5.75 Å². The number of aromatic nitrogens is 1. The number of piperidine rings is 1. The average molecular weight is 539 g/mol. The Morgan fingerprint density at radius 3 is 2.32 bits per heavy atom. The number of aromatic hydroxyl groups is 1. The van der Waals surface area contributed by atoms with Gasteiger partial charge in [0.05, 0.1) is 26.8 Å². The molecule has 0 radical (unpaired) electrons. The molecule has 5 nitrogen and oxygen atoms in total. The van der Waals surface area contributed by atoms with Gasteiger partial charge in [0.25, 0.3) is 0 Å². The molecule has 2 aromatic carbocycles. The standard InChI is InChI=1S/C30H33Cl2N3O2/c31-25-16-22(17-26(32)30(25)37)21-5-6-27-23(15-21)28(24(18-33-27)29(36)20-3-4-20)35-13-8-19(9-14-35)7-12-34-10-1-2-11-34/h5-6,15-20,37H,1-4,7-14H2. The Morgan fingerprint density at radius 2 is 1.65 bits per heavy atom. The van der Waals surface area contributed by atoms with Gasteiger partial charge in [-0.3, -0.25) is 9.78 Å². The molecular formula is C30H33Cl2N3O2. The Morgan fingerprint density at radius 1 is 0.946 bits per heavy atom. The quantitative estimate of drug-likeness (QED) is 0.322. The number of Topliss-reactive ketones (excluding diaryl/α,β-unsaturated/α-hetero) is 1. The first-order chi connectivity index (χ1) is 18.0. The van der Waals surface area contributed by atoms with Crippen molar-refractivity contribution in [3.05, 3.63) is 52.1 Å². The van der Waals surface area contributed by atoms with E-state index in [-0.39, 0.29) is 27.5 Å². The third-order valence-corrected chi connectivity index (χ3v) is 8.96. The zero-order valence-corrected chi connectivity index (χ0v) is 22.6. The number of phenols is 1. The molecule has 2 aliphatic heterocycles. The molecule has 1 saturated carbocycles. The van der Waals surface area contributed by atoms with E-state index in [1.54, 1.807) is 18.3 Å². The largest absolute Gasteiger partial charge is 0.505 e. The number of ketones is 1. The van der Waals surface area contributed by atoms with Crippen LogP contribution >= 0.6 is 23.2 Å². The summed E-state index contributed by atoms with van der Waals surface area (Å²) in [4.78, 5) is 23.1. The Hall–Kier alpha value is -2.34. The molecule has 2 saturated heterocycles. The zero-order chi connectivity index (χ0) is 25.5. The van der Waals surface area contributed by atoms with Crippen molar-refractivity contribution in [3.8, 4) is 16.9 Å². The van der Waals surface area contributed by atoms with Crippen molar-refractivity contribution >= 4 is 45.6 Å². The molecular weight excluding hydrogens is 505 g/mol. The van der Waals surface area contributed by atoms with Crippen LogP contribution in [0.1, 0.15) is 55.3 Å². The lowest BCUT2D eigenvalue weighted by Crippen LogP contribution is -2.36. The number of fused-ring (bicyclic) bond motifs is 1. The third kappa shape index (κ3) is 5.19. The van der Waals surface area contributed by atoms with Gasteiger partial charge in [-0.15, -0.1) is 0 Å². The van der Waals surface area contributed by atoms with Crippen molar-refractivity contribution in [1.29, 1.82) is 0 Å². The predicted octanol–water partition coefficient (Wildman–Crippen LogP) is 7.21. The van der Waals surface area contributed by atoms with Crippen LogP contribution in [0.25, 0.3) is 22.0 Å². The molecule has 3 heterocycles. The molecule has 1 N–H and O–H groups in total. The van der Waals surface area contributed by atoms with E-state index in [9.17, 15) is 9.90 Å². The molecule has 0 atom stereocenters. The lowest BCUT2D eigenvalue weighted by Gasteiger charge is -2.36. The van der Waals surface area contributed by atoms with Crippen molar-refractivity contribution in [2.75, 3.05) is 37.6 Å². The number of nitrogens with zero attached hydrogens (tertiary/aromatic N) is 3. The maximum absolute atomic E-state index is 13.4. The van der Waals surface area contributed by atoms with Gasteiger partial charge >= 0.3 is 0 Å². The fourth-order valence-electron chi connectivity index (χ4n) is 5.99. The normalized spacial score (nSPS) is 19.1. The van der Waals surface area contributed by atoms with E-state index in [1.807, 2.05) is 12.1 Å². The highest BCUT2D eigenvalue weighted by Crippen LogP contribution is 2.42. The molecule has 37 heavy (non-hydrogen) atoms. The van der Waals surface area contributed by atoms with E-state index < -0.39 is 0 Å². The summed E-state index contributed by atoms with van der Waals surface area (Å²) < 4.78 is 0. The first kappa shape index (κ1) is 25.0. The number of halogens is 2. The maximum Gasteiger partial charge on any atom is 0.169 e. The molecule has 1 aromatic heterocycles. The molecule has 0 spiro atoms. The molecule has 194 valence electrons. The number of hydrogen-bond acceptors (Lipinski definition) is 5. The Bertz CT molecular complexity index is 1300. The highest BCUT2D eigenvalue weighted by atomic mass is 35.5. The number of rotatable bonds is 7. The summed E-state index contributed by atoms with van der Waals surface area (Å²) in [6.45, 7) is 5.64. The van der Waals surface area contributed by atoms with Crippen LogP contribution in [0.4, 0.5) is 5.69 Å². The summed E-state index contributed by atoms with van der Waals surface area (Å²) in [5.41, 5.74) is 4.40. The number of likely N-dealkylation sites (tertiary alicyclic amines) is 1. The fraction of sp³-hybridized carbons (Fsp3) is 0.467. The number of carbonyl (C=O) groups excluding carboxylic acids is 1. The summed E-state index contributed by atoms with van der Waals surface area (Å²) in [7, 11) is 0. The molecule has 6 rings (SSSR count). The number of phenolic OH excluding ortho intramolecular Hbond substituents is 1. The monoisotopic (exact) mass is 537 g/mol. The van der Waals surface area contributed by atoms with Crippen molar-refractivity contribution in [1.82, 2.24) is 9.88 Å². The van der Waals surface area contributed by atoms with Crippen molar-refractivity contribution in [3.63, 3.8) is 0 Å². The zero-order valence-electron chi connectivity index (χ0n) is 21.1. The second kappa shape index (κ2) is 10.4. The lowest BCUT2D eigenvalue weighted by atomic mass is 9.91. The van der Waals surface area contributed by atoms with Crippen LogP contribution in [-0.2, 0) is 0 Å². The van der Waals surface area contributed by atoms with E-state index in [0.717, 1.165) is 78.0 Å². The second-order valence-corrected chi connectivity index (χ2v) is 11.8. The van der Waals surface area contributed by atoms with Gasteiger partial charge in [0.1, 0.15) is 0 Å². The Balaban J connectivity index is 1.33. The van der Waals surface area contributed by atoms with Crippen LogP contribution in [0.15, 0.2) is 36.5 Å². The minimum Gasteiger partial charge on any atom is -0.505 e. The van der Waals surface area contributed by atoms with Gasteiger partial charge in [-0.2, -0.15) is 0 Å². The number of hydrogen-bond donors (Lipinski definition) is 1. The summed E-state index contributed by atoms with van der Waals surface area (Å²) in [6.07, 6.45) is 10.00. The topological polar surface area (TPSA) is 56.7 Å². The predicted molar refractivity (Wildman–Crippen MR) is 151 cm³/mol. The highest BCUT2D eigenvalue weighted by molar-refractivity contribution is 6.37. The summed E-state index contributed by atoms with van der Waals surface area (Å²) in [6, 6.07) is 9.53. The molecule has 7 heteroatoms. The molecule has 3 fully saturated rings. The van der Waals surface area contributed by atoms with Gasteiger partial charge in [-0.1, -0.05) is 29.3 Å². The minimum atomic E-state index is -0.111. The third-order valence-electron chi connectivity index (χ3n) is 8.39. The first-order valence-corrected chi connectivity index (χ1v) is 14.4. The van der Waals surface area contributed by atoms with Crippen molar-refractivity contribution < 1.29 is 9.90 Å². The van der Waals surface area contributed by atoms with Crippen molar-refractivity contribution in [2.45, 2.75) is 44.9 Å². The van der Waals surface area contributed by atoms with E-state index in [0.29, 0.717) is 0 Å². The second-order valence-electron chi connectivity index (χ2n) is 10.9. The van der Waals surface area contributed by atoms with Crippen LogP contribution in [0.2, 0.25) is 10.0 Å². The molecule has 0 amide bonds. The number of carbonyl (C=O) groups is 1. The van der Waals surface area contributed by atoms with Gasteiger partial charge in [0.2, 0.25) is 0 Å². The van der Waals surface area contributed by atoms with Crippen LogP contribution in [0.3, 0.4) is 0 Å². The fourth-order valence-corrected chi connectivity index (χ4v) is 6.48. The Kier molecular flexibility index (Phi) is 7.04. The van der Waals surface area contributed by atoms with Gasteiger partial charge in [-0.05, 0) is 106 Å². The van der Waals surface area contributed by atoms with Crippen LogP contribution in [0, 0.1) is 11.8 Å². The summed E-state index contributed by atoms with van der Waals surface area (Å²) in [5.74, 6) is 0.986. The molecule has 0 unspecified atom stereocenters. The SMILES string of the molecule is O=C(c1cnc2ccc(-c3cc(Cl)c(O)c(Cl)c3)cc2c1N1CCC(CCN2CCCC2)CC1)C1CC1. The van der Waals surface area contributed by atoms with Gasteiger partial charge in [0.15, 0.2) is 11.5 Å². The maximum atomic E-state index is 13.4. The van der Waals surface area contributed by atoms with Gasteiger partial charge in [0, 0.05) is 30.6 Å². The molecule has 3 aromatic rings.